The molecular formula is C18H26N4O2. The quantitative estimate of drug-likeness (QED) is 0.854. The first-order chi connectivity index (χ1) is 11.6. The van der Waals surface area contributed by atoms with Gasteiger partial charge >= 0.3 is 0 Å². The van der Waals surface area contributed by atoms with Gasteiger partial charge in [-0.15, -0.1) is 0 Å². The second-order valence-electron chi connectivity index (χ2n) is 6.58. The lowest BCUT2D eigenvalue weighted by Gasteiger charge is -2.38. The van der Waals surface area contributed by atoms with E-state index in [1.54, 1.807) is 0 Å². The van der Waals surface area contributed by atoms with E-state index in [0.717, 1.165) is 39.3 Å². The summed E-state index contributed by atoms with van der Waals surface area (Å²) >= 11 is 0. The molecule has 130 valence electrons. The van der Waals surface area contributed by atoms with E-state index in [1.807, 2.05) is 22.8 Å². The molecule has 2 aliphatic rings. The van der Waals surface area contributed by atoms with Crippen LogP contribution in [0.5, 0.6) is 0 Å². The highest BCUT2D eigenvalue weighted by Gasteiger charge is 2.30. The average Bonchev–Trinajstić information content (AvgIpc) is 2.62. The van der Waals surface area contributed by atoms with Gasteiger partial charge in [-0.2, -0.15) is 0 Å². The van der Waals surface area contributed by atoms with E-state index in [-0.39, 0.29) is 17.9 Å². The summed E-state index contributed by atoms with van der Waals surface area (Å²) in [7, 11) is 0. The van der Waals surface area contributed by atoms with Gasteiger partial charge in [-0.25, -0.2) is 0 Å². The summed E-state index contributed by atoms with van der Waals surface area (Å²) in [4.78, 5) is 30.5. The van der Waals surface area contributed by atoms with E-state index in [2.05, 4.69) is 34.5 Å². The molecule has 0 aromatic heterocycles. The van der Waals surface area contributed by atoms with Crippen molar-refractivity contribution in [3.8, 4) is 0 Å². The third-order valence-electron chi connectivity index (χ3n) is 4.91. The third-order valence-corrected chi connectivity index (χ3v) is 4.91. The first kappa shape index (κ1) is 16.9. The number of rotatable bonds is 4. The normalized spacial score (nSPS) is 21.4. The Kier molecular flexibility index (Phi) is 5.48. The molecule has 1 aromatic rings. The lowest BCUT2D eigenvalue weighted by molar-refractivity contribution is -0.140. The van der Waals surface area contributed by atoms with Crippen molar-refractivity contribution in [2.75, 3.05) is 45.8 Å². The SMILES string of the molecule is CC(C(=O)N1CCN(Cc2ccccc2)CC1)N1CCNC(=O)C1. The molecule has 24 heavy (non-hydrogen) atoms. The first-order valence-corrected chi connectivity index (χ1v) is 8.69. The fourth-order valence-electron chi connectivity index (χ4n) is 3.38. The van der Waals surface area contributed by atoms with Gasteiger partial charge in [0.1, 0.15) is 0 Å². The maximum atomic E-state index is 12.7. The zero-order chi connectivity index (χ0) is 16.9. The number of nitrogens with zero attached hydrogens (tertiary/aromatic N) is 3. The van der Waals surface area contributed by atoms with Crippen molar-refractivity contribution < 1.29 is 9.59 Å². The topological polar surface area (TPSA) is 55.9 Å². The Bertz CT molecular complexity index is 570. The molecule has 2 fully saturated rings. The van der Waals surface area contributed by atoms with Gasteiger partial charge in [-0.05, 0) is 12.5 Å². The highest BCUT2D eigenvalue weighted by molar-refractivity contribution is 5.84. The van der Waals surface area contributed by atoms with E-state index < -0.39 is 0 Å². The number of benzene rings is 1. The molecule has 1 atom stereocenters. The Labute approximate surface area is 143 Å². The number of nitrogens with one attached hydrogen (secondary N) is 1. The van der Waals surface area contributed by atoms with Crippen LogP contribution < -0.4 is 5.32 Å². The molecule has 1 N–H and O–H groups in total. The van der Waals surface area contributed by atoms with Gasteiger partial charge in [0.05, 0.1) is 12.6 Å². The van der Waals surface area contributed by atoms with E-state index >= 15 is 0 Å². The van der Waals surface area contributed by atoms with Crippen molar-refractivity contribution in [3.63, 3.8) is 0 Å². The van der Waals surface area contributed by atoms with Gasteiger partial charge < -0.3 is 10.2 Å². The smallest absolute Gasteiger partial charge is 0.239 e. The molecular weight excluding hydrogens is 304 g/mol. The lowest BCUT2D eigenvalue weighted by atomic mass is 10.1. The maximum Gasteiger partial charge on any atom is 0.239 e. The van der Waals surface area contributed by atoms with Crippen molar-refractivity contribution in [1.29, 1.82) is 0 Å². The van der Waals surface area contributed by atoms with Crippen LogP contribution >= 0.6 is 0 Å². The van der Waals surface area contributed by atoms with Crippen molar-refractivity contribution in [1.82, 2.24) is 20.0 Å². The van der Waals surface area contributed by atoms with Crippen LogP contribution in [0.15, 0.2) is 30.3 Å². The number of hydrogen-bond donors (Lipinski definition) is 1. The highest BCUT2D eigenvalue weighted by Crippen LogP contribution is 2.11. The van der Waals surface area contributed by atoms with Crippen LogP contribution in [0.1, 0.15) is 12.5 Å². The van der Waals surface area contributed by atoms with Gasteiger partial charge in [-0.1, -0.05) is 30.3 Å². The molecule has 6 nitrogen and oxygen atoms in total. The van der Waals surface area contributed by atoms with Gasteiger partial charge in [0.25, 0.3) is 0 Å². The maximum absolute atomic E-state index is 12.7. The monoisotopic (exact) mass is 330 g/mol. The zero-order valence-corrected chi connectivity index (χ0v) is 14.3. The number of hydrogen-bond acceptors (Lipinski definition) is 4. The summed E-state index contributed by atoms with van der Waals surface area (Å²) < 4.78 is 0. The summed E-state index contributed by atoms with van der Waals surface area (Å²) in [5, 5.41) is 2.80. The Morgan fingerprint density at radius 3 is 2.50 bits per heavy atom. The van der Waals surface area contributed by atoms with E-state index in [1.165, 1.54) is 5.56 Å². The third kappa shape index (κ3) is 4.13. The Morgan fingerprint density at radius 1 is 1.12 bits per heavy atom. The second-order valence-corrected chi connectivity index (χ2v) is 6.58. The van der Waals surface area contributed by atoms with Crippen LogP contribution in [-0.2, 0) is 16.1 Å². The van der Waals surface area contributed by atoms with Gasteiger partial charge in [0.15, 0.2) is 0 Å². The van der Waals surface area contributed by atoms with Crippen LogP contribution in [0.4, 0.5) is 0 Å². The summed E-state index contributed by atoms with van der Waals surface area (Å²) in [5.41, 5.74) is 1.31. The summed E-state index contributed by atoms with van der Waals surface area (Å²) in [5.74, 6) is 0.151. The molecule has 6 heteroatoms. The molecule has 2 amide bonds. The molecule has 1 unspecified atom stereocenters. The Morgan fingerprint density at radius 2 is 1.83 bits per heavy atom. The predicted octanol–water partition coefficient (Wildman–Crippen LogP) is 0.151. The minimum atomic E-state index is -0.225. The summed E-state index contributed by atoms with van der Waals surface area (Å²) in [6, 6.07) is 10.2. The Hall–Kier alpha value is -1.92. The number of carbonyl (C=O) groups excluding carboxylic acids is 2. The minimum Gasteiger partial charge on any atom is -0.354 e. The number of piperazine rings is 2. The largest absolute Gasteiger partial charge is 0.354 e. The fourth-order valence-corrected chi connectivity index (χ4v) is 3.38. The lowest BCUT2D eigenvalue weighted by Crippen LogP contribution is -2.58. The molecule has 0 radical (unpaired) electrons. The predicted molar refractivity (Wildman–Crippen MR) is 92.3 cm³/mol. The fraction of sp³-hybridized carbons (Fsp3) is 0.556. The van der Waals surface area contributed by atoms with Gasteiger partial charge in [0, 0.05) is 45.8 Å². The molecule has 0 aliphatic carbocycles. The van der Waals surface area contributed by atoms with Gasteiger partial charge in [-0.3, -0.25) is 19.4 Å². The molecule has 2 aliphatic heterocycles. The summed E-state index contributed by atoms with van der Waals surface area (Å²) in [6.45, 7) is 7.85. The van der Waals surface area contributed by atoms with Crippen LogP contribution in [-0.4, -0.2) is 78.4 Å². The minimum absolute atomic E-state index is 0.00794. The van der Waals surface area contributed by atoms with Crippen molar-refractivity contribution in [2.45, 2.75) is 19.5 Å². The van der Waals surface area contributed by atoms with Crippen LogP contribution in [0, 0.1) is 0 Å². The number of amides is 2. The molecule has 0 bridgehead atoms. The van der Waals surface area contributed by atoms with E-state index in [4.69, 9.17) is 0 Å². The van der Waals surface area contributed by atoms with Gasteiger partial charge in [0.2, 0.25) is 11.8 Å². The average molecular weight is 330 g/mol. The highest BCUT2D eigenvalue weighted by atomic mass is 16.2. The van der Waals surface area contributed by atoms with Crippen LogP contribution in [0.25, 0.3) is 0 Å². The van der Waals surface area contributed by atoms with Crippen molar-refractivity contribution in [2.24, 2.45) is 0 Å². The molecule has 0 saturated carbocycles. The second kappa shape index (κ2) is 7.77. The standard InChI is InChI=1S/C18H26N4O2/c1-15(22-8-7-19-17(23)14-22)18(24)21-11-9-20(10-12-21)13-16-5-3-2-4-6-16/h2-6,15H,7-14H2,1H3,(H,19,23). The Balaban J connectivity index is 1.48. The molecule has 3 rings (SSSR count). The van der Waals surface area contributed by atoms with Crippen molar-refractivity contribution in [3.05, 3.63) is 35.9 Å². The summed E-state index contributed by atoms with van der Waals surface area (Å²) in [6.07, 6.45) is 0. The van der Waals surface area contributed by atoms with Crippen LogP contribution in [0.2, 0.25) is 0 Å². The zero-order valence-electron chi connectivity index (χ0n) is 14.3. The molecule has 0 spiro atoms. The molecule has 1 aromatic carbocycles. The molecule has 2 saturated heterocycles. The van der Waals surface area contributed by atoms with Crippen LogP contribution in [0.3, 0.4) is 0 Å². The van der Waals surface area contributed by atoms with Crippen molar-refractivity contribution >= 4 is 11.8 Å². The first-order valence-electron chi connectivity index (χ1n) is 8.69. The van der Waals surface area contributed by atoms with E-state index in [9.17, 15) is 9.59 Å². The number of carbonyl (C=O) groups is 2. The van der Waals surface area contributed by atoms with E-state index in [0.29, 0.717) is 13.1 Å². The molecule has 2 heterocycles.